The number of hydrogen-bond donors (Lipinski definition) is 2. The molecule has 1 saturated heterocycles. The molecule has 5 rings (SSSR count). The Kier molecular flexibility index (Phi) is 8.15. The molecule has 2 N–H and O–H groups in total. The van der Waals surface area contributed by atoms with Gasteiger partial charge in [-0.15, -0.1) is 0 Å². The fourth-order valence-corrected chi connectivity index (χ4v) is 5.80. The summed E-state index contributed by atoms with van der Waals surface area (Å²) in [6, 6.07) is 38.9. The lowest BCUT2D eigenvalue weighted by molar-refractivity contribution is -0.0146. The van der Waals surface area contributed by atoms with Crippen molar-refractivity contribution in [2.24, 2.45) is 5.92 Å². The fourth-order valence-electron chi connectivity index (χ4n) is 5.80. The highest BCUT2D eigenvalue weighted by Crippen LogP contribution is 2.42. The fraction of sp³-hybridized carbons (Fsp3) is 0.294. The highest BCUT2D eigenvalue weighted by atomic mass is 16.3. The molecule has 4 aromatic rings. The Hall–Kier alpha value is -3.24. The van der Waals surface area contributed by atoms with Crippen molar-refractivity contribution in [2.75, 3.05) is 19.6 Å². The maximum Gasteiger partial charge on any atom is 0.117 e. The van der Waals surface area contributed by atoms with Gasteiger partial charge in [0, 0.05) is 0 Å². The van der Waals surface area contributed by atoms with Crippen molar-refractivity contribution in [3.8, 4) is 11.1 Å². The van der Waals surface area contributed by atoms with E-state index in [-0.39, 0.29) is 5.92 Å². The third-order valence-electron chi connectivity index (χ3n) is 7.96. The van der Waals surface area contributed by atoms with Crippen molar-refractivity contribution >= 4 is 0 Å². The molecule has 1 fully saturated rings. The second-order valence-corrected chi connectivity index (χ2v) is 10.3. The van der Waals surface area contributed by atoms with Crippen LogP contribution in [0.15, 0.2) is 115 Å². The Balaban J connectivity index is 1.14. The topological polar surface area (TPSA) is 43.7 Å². The predicted octanol–water partition coefficient (Wildman–Crippen LogP) is 6.82. The van der Waals surface area contributed by atoms with E-state index in [1.54, 1.807) is 0 Å². The molecule has 1 heterocycles. The minimum Gasteiger partial charge on any atom is -0.388 e. The number of rotatable bonds is 9. The van der Waals surface area contributed by atoms with Gasteiger partial charge in [-0.1, -0.05) is 115 Å². The largest absolute Gasteiger partial charge is 0.388 e. The van der Waals surface area contributed by atoms with E-state index in [1.807, 2.05) is 91.0 Å². The normalized spacial score (nSPS) is 15.9. The summed E-state index contributed by atoms with van der Waals surface area (Å²) in [4.78, 5) is 2.48. The van der Waals surface area contributed by atoms with Crippen LogP contribution in [0.1, 0.15) is 48.5 Å². The Morgan fingerprint density at radius 1 is 0.676 bits per heavy atom. The smallest absolute Gasteiger partial charge is 0.117 e. The van der Waals surface area contributed by atoms with E-state index in [0.717, 1.165) is 62.0 Å². The molecule has 0 spiro atoms. The molecule has 1 aliphatic rings. The zero-order valence-corrected chi connectivity index (χ0v) is 21.4. The van der Waals surface area contributed by atoms with E-state index in [4.69, 9.17) is 0 Å². The summed E-state index contributed by atoms with van der Waals surface area (Å²) in [6.45, 7) is 2.91. The van der Waals surface area contributed by atoms with Gasteiger partial charge in [0.15, 0.2) is 0 Å². The Labute approximate surface area is 221 Å². The van der Waals surface area contributed by atoms with Crippen LogP contribution in [-0.2, 0) is 5.60 Å². The zero-order valence-electron chi connectivity index (χ0n) is 21.4. The van der Waals surface area contributed by atoms with Gasteiger partial charge < -0.3 is 15.1 Å². The van der Waals surface area contributed by atoms with Crippen LogP contribution in [0.25, 0.3) is 11.1 Å². The summed E-state index contributed by atoms with van der Waals surface area (Å²) in [5, 5.41) is 22.8. The third kappa shape index (κ3) is 5.86. The van der Waals surface area contributed by atoms with Crippen molar-refractivity contribution in [1.82, 2.24) is 4.90 Å². The van der Waals surface area contributed by atoms with E-state index >= 15 is 0 Å². The number of hydrogen-bond acceptors (Lipinski definition) is 3. The van der Waals surface area contributed by atoms with E-state index in [9.17, 15) is 10.2 Å². The third-order valence-corrected chi connectivity index (χ3v) is 7.96. The van der Waals surface area contributed by atoms with Gasteiger partial charge in [-0.25, -0.2) is 0 Å². The molecule has 0 bridgehead atoms. The molecule has 0 aromatic heterocycles. The van der Waals surface area contributed by atoms with Crippen molar-refractivity contribution in [3.05, 3.63) is 132 Å². The van der Waals surface area contributed by atoms with Crippen LogP contribution in [0.5, 0.6) is 0 Å². The molecule has 3 nitrogen and oxygen atoms in total. The molecule has 0 unspecified atom stereocenters. The number of aliphatic hydroxyl groups excluding tert-OH is 1. The van der Waals surface area contributed by atoms with Crippen LogP contribution in [-0.4, -0.2) is 34.7 Å². The van der Waals surface area contributed by atoms with Crippen LogP contribution in [0.3, 0.4) is 0 Å². The number of nitrogens with zero attached hydrogens (tertiary/aromatic N) is 1. The lowest BCUT2D eigenvalue weighted by atomic mass is 9.72. The first-order chi connectivity index (χ1) is 18.1. The summed E-state index contributed by atoms with van der Waals surface area (Å²) in [6.07, 6.45) is 3.16. The van der Waals surface area contributed by atoms with Crippen LogP contribution in [0.4, 0.5) is 0 Å². The lowest BCUT2D eigenvalue weighted by Crippen LogP contribution is -2.44. The minimum atomic E-state index is -0.975. The van der Waals surface area contributed by atoms with Crippen molar-refractivity contribution < 1.29 is 10.2 Å². The molecule has 3 heteroatoms. The molecular weight excluding hydrogens is 454 g/mol. The summed E-state index contributed by atoms with van der Waals surface area (Å²) in [5.41, 5.74) is 4.32. The van der Waals surface area contributed by atoms with E-state index in [0.29, 0.717) is 0 Å². The molecule has 37 heavy (non-hydrogen) atoms. The van der Waals surface area contributed by atoms with Gasteiger partial charge >= 0.3 is 0 Å². The van der Waals surface area contributed by atoms with E-state index in [2.05, 4.69) is 29.2 Å². The van der Waals surface area contributed by atoms with Crippen molar-refractivity contribution in [2.45, 2.75) is 37.4 Å². The highest BCUT2D eigenvalue weighted by Gasteiger charge is 2.41. The minimum absolute atomic E-state index is 0.169. The second-order valence-electron chi connectivity index (χ2n) is 10.3. The van der Waals surface area contributed by atoms with E-state index in [1.165, 1.54) is 11.1 Å². The SMILES string of the molecule is O[C@@H](CCCN1CCC(C(O)(c2ccccc2)c2ccccc2)CC1)c1ccc(-c2ccccc2)cc1. The first-order valence-electron chi connectivity index (χ1n) is 13.5. The molecule has 4 aromatic carbocycles. The van der Waals surface area contributed by atoms with Crippen molar-refractivity contribution in [1.29, 1.82) is 0 Å². The van der Waals surface area contributed by atoms with Crippen LogP contribution >= 0.6 is 0 Å². The van der Waals surface area contributed by atoms with Gasteiger partial charge in [-0.2, -0.15) is 0 Å². The maximum absolute atomic E-state index is 12.1. The predicted molar refractivity (Wildman–Crippen MR) is 151 cm³/mol. The summed E-state index contributed by atoms with van der Waals surface area (Å²) in [7, 11) is 0. The first-order valence-corrected chi connectivity index (χ1v) is 13.5. The second kappa shape index (κ2) is 11.9. The van der Waals surface area contributed by atoms with Gasteiger partial charge in [0.05, 0.1) is 6.10 Å². The number of piperidine rings is 1. The highest BCUT2D eigenvalue weighted by molar-refractivity contribution is 5.63. The average molecular weight is 492 g/mol. The molecule has 0 radical (unpaired) electrons. The van der Waals surface area contributed by atoms with Gasteiger partial charge in [-0.05, 0) is 79.1 Å². The van der Waals surface area contributed by atoms with E-state index < -0.39 is 11.7 Å². The molecule has 0 saturated carbocycles. The van der Waals surface area contributed by atoms with Crippen LogP contribution in [0, 0.1) is 5.92 Å². The Morgan fingerprint density at radius 2 is 1.16 bits per heavy atom. The van der Waals surface area contributed by atoms with Gasteiger partial charge in [0.2, 0.25) is 0 Å². The summed E-state index contributed by atoms with van der Waals surface area (Å²) in [5.74, 6) is 0.169. The molecule has 190 valence electrons. The number of likely N-dealkylation sites (tertiary alicyclic amines) is 1. The number of benzene rings is 4. The lowest BCUT2D eigenvalue weighted by Gasteiger charge is -2.42. The number of aliphatic hydroxyl groups is 2. The van der Waals surface area contributed by atoms with Gasteiger partial charge in [-0.3, -0.25) is 0 Å². The van der Waals surface area contributed by atoms with Crippen LogP contribution < -0.4 is 0 Å². The van der Waals surface area contributed by atoms with Gasteiger partial charge in [0.25, 0.3) is 0 Å². The maximum atomic E-state index is 12.1. The van der Waals surface area contributed by atoms with Gasteiger partial charge in [0.1, 0.15) is 5.60 Å². The molecule has 0 aliphatic carbocycles. The zero-order chi connectivity index (χ0) is 25.5. The average Bonchev–Trinajstić information content (AvgIpc) is 2.98. The van der Waals surface area contributed by atoms with Crippen molar-refractivity contribution in [3.63, 3.8) is 0 Å². The quantitative estimate of drug-likeness (QED) is 0.270. The molecule has 1 atom stereocenters. The Bertz CT molecular complexity index is 1180. The summed E-state index contributed by atoms with van der Waals surface area (Å²) >= 11 is 0. The molecular formula is C34H37NO2. The van der Waals surface area contributed by atoms with Crippen LogP contribution in [0.2, 0.25) is 0 Å². The monoisotopic (exact) mass is 491 g/mol. The molecule has 1 aliphatic heterocycles. The first kappa shape index (κ1) is 25.4. The molecule has 0 amide bonds. The standard InChI is InChI=1S/C34H37NO2/c36-33(29-20-18-28(19-21-29)27-11-4-1-5-12-27)17-10-24-35-25-22-32(23-26-35)34(37,30-13-6-2-7-14-30)31-15-8-3-9-16-31/h1-9,11-16,18-21,32-33,36-37H,10,17,22-26H2/t33-/m0/s1. The summed E-state index contributed by atoms with van der Waals surface area (Å²) < 4.78 is 0. The Morgan fingerprint density at radius 3 is 1.70 bits per heavy atom.